The predicted molar refractivity (Wildman–Crippen MR) is 77.1 cm³/mol. The Morgan fingerprint density at radius 3 is 3.05 bits per heavy atom. The Bertz CT molecular complexity index is 536. The van der Waals surface area contributed by atoms with Gasteiger partial charge in [-0.15, -0.1) is 0 Å². The number of nitro benzene ring substituents is 1. The fourth-order valence-electron chi connectivity index (χ4n) is 3.20. The summed E-state index contributed by atoms with van der Waals surface area (Å²) in [5.41, 5.74) is 0.903. The first-order valence-corrected chi connectivity index (χ1v) is 7.30. The molecule has 0 bridgehead atoms. The van der Waals surface area contributed by atoms with Crippen LogP contribution in [-0.4, -0.2) is 47.8 Å². The lowest BCUT2D eigenvalue weighted by molar-refractivity contribution is -0.384. The minimum atomic E-state index is -0.350. The summed E-state index contributed by atoms with van der Waals surface area (Å²) in [5, 5.41) is 10.8. The molecule has 114 valence electrons. The molecule has 6 heteroatoms. The molecule has 0 amide bonds. The summed E-state index contributed by atoms with van der Waals surface area (Å²) in [6, 6.07) is 6.85. The van der Waals surface area contributed by atoms with E-state index < -0.39 is 0 Å². The van der Waals surface area contributed by atoms with E-state index in [4.69, 9.17) is 9.47 Å². The highest BCUT2D eigenvalue weighted by Crippen LogP contribution is 2.33. The largest absolute Gasteiger partial charge is 0.375 e. The Balaban J connectivity index is 1.70. The van der Waals surface area contributed by atoms with Crippen molar-refractivity contribution in [1.29, 1.82) is 0 Å². The maximum Gasteiger partial charge on any atom is 0.269 e. The number of hydrogen-bond donors (Lipinski definition) is 0. The fourth-order valence-corrected chi connectivity index (χ4v) is 3.20. The molecule has 2 heterocycles. The van der Waals surface area contributed by atoms with Crippen molar-refractivity contribution in [2.24, 2.45) is 0 Å². The van der Waals surface area contributed by atoms with E-state index in [1.165, 1.54) is 6.07 Å². The first-order valence-electron chi connectivity index (χ1n) is 7.30. The maximum atomic E-state index is 10.8. The molecule has 2 saturated heterocycles. The number of morpholine rings is 1. The second-order valence-electron chi connectivity index (χ2n) is 5.81. The number of non-ortho nitro benzene ring substituents is 1. The summed E-state index contributed by atoms with van der Waals surface area (Å²) < 4.78 is 11.6. The molecule has 1 aromatic rings. The van der Waals surface area contributed by atoms with E-state index in [2.05, 4.69) is 11.8 Å². The highest BCUT2D eigenvalue weighted by Gasteiger charge is 2.45. The van der Waals surface area contributed by atoms with Crippen molar-refractivity contribution in [2.75, 3.05) is 26.3 Å². The van der Waals surface area contributed by atoms with Gasteiger partial charge >= 0.3 is 0 Å². The predicted octanol–water partition coefficient (Wildman–Crippen LogP) is 1.97. The van der Waals surface area contributed by atoms with Crippen molar-refractivity contribution < 1.29 is 14.4 Å². The van der Waals surface area contributed by atoms with Crippen molar-refractivity contribution in [3.8, 4) is 0 Å². The van der Waals surface area contributed by atoms with Gasteiger partial charge in [-0.05, 0) is 12.5 Å². The summed E-state index contributed by atoms with van der Waals surface area (Å²) >= 11 is 0. The van der Waals surface area contributed by atoms with Crippen LogP contribution >= 0.6 is 0 Å². The van der Waals surface area contributed by atoms with E-state index in [1.54, 1.807) is 12.1 Å². The molecule has 2 fully saturated rings. The number of ether oxygens (including phenoxy) is 2. The third-order valence-electron chi connectivity index (χ3n) is 4.45. The van der Waals surface area contributed by atoms with Crippen molar-refractivity contribution in [2.45, 2.75) is 31.6 Å². The highest BCUT2D eigenvalue weighted by atomic mass is 16.6. The number of nitro groups is 1. The highest BCUT2D eigenvalue weighted by molar-refractivity contribution is 5.34. The van der Waals surface area contributed by atoms with E-state index >= 15 is 0 Å². The molecule has 2 aliphatic rings. The van der Waals surface area contributed by atoms with Gasteiger partial charge in [0.15, 0.2) is 0 Å². The van der Waals surface area contributed by atoms with Crippen LogP contribution < -0.4 is 0 Å². The van der Waals surface area contributed by atoms with Gasteiger partial charge in [-0.25, -0.2) is 0 Å². The lowest BCUT2D eigenvalue weighted by Gasteiger charge is -2.42. The topological polar surface area (TPSA) is 64.8 Å². The number of nitrogens with zero attached hydrogens (tertiary/aromatic N) is 2. The average Bonchev–Trinajstić information content (AvgIpc) is 2.80. The van der Waals surface area contributed by atoms with Gasteiger partial charge in [-0.3, -0.25) is 15.0 Å². The molecule has 21 heavy (non-hydrogen) atoms. The van der Waals surface area contributed by atoms with E-state index in [-0.39, 0.29) is 22.3 Å². The first-order chi connectivity index (χ1) is 10.1. The summed E-state index contributed by atoms with van der Waals surface area (Å²) in [6.45, 7) is 5.85. The zero-order chi connectivity index (χ0) is 14.9. The van der Waals surface area contributed by atoms with Crippen LogP contribution in [0.2, 0.25) is 0 Å². The molecule has 0 aromatic heterocycles. The molecule has 2 atom stereocenters. The summed E-state index contributed by atoms with van der Waals surface area (Å²) in [5.74, 6) is 0. The Labute approximate surface area is 123 Å². The number of rotatable bonds is 3. The van der Waals surface area contributed by atoms with Crippen molar-refractivity contribution in [1.82, 2.24) is 4.90 Å². The molecule has 0 radical (unpaired) electrons. The molecule has 3 rings (SSSR count). The Hall–Kier alpha value is -1.50. The molecular weight excluding hydrogens is 272 g/mol. The summed E-state index contributed by atoms with van der Waals surface area (Å²) in [7, 11) is 0. The second kappa shape index (κ2) is 5.71. The van der Waals surface area contributed by atoms with E-state index in [0.29, 0.717) is 13.2 Å². The van der Waals surface area contributed by atoms with Gasteiger partial charge in [0.25, 0.3) is 5.69 Å². The summed E-state index contributed by atoms with van der Waals surface area (Å²) in [6.07, 6.45) is 1.02. The smallest absolute Gasteiger partial charge is 0.269 e. The molecular formula is C15H20N2O4. The monoisotopic (exact) mass is 292 g/mol. The van der Waals surface area contributed by atoms with E-state index in [9.17, 15) is 10.1 Å². The number of benzene rings is 1. The Morgan fingerprint density at radius 1 is 1.48 bits per heavy atom. The minimum absolute atomic E-state index is 0.102. The molecule has 1 aromatic carbocycles. The van der Waals surface area contributed by atoms with Crippen molar-refractivity contribution >= 4 is 5.69 Å². The zero-order valence-electron chi connectivity index (χ0n) is 12.2. The van der Waals surface area contributed by atoms with Gasteiger partial charge in [-0.2, -0.15) is 0 Å². The van der Waals surface area contributed by atoms with Gasteiger partial charge in [-0.1, -0.05) is 12.1 Å². The van der Waals surface area contributed by atoms with Gasteiger partial charge in [0.1, 0.15) is 5.60 Å². The standard InChI is InChI=1S/C15H20N2O4/c1-12-15(5-7-20-12)11-16(6-8-21-15)10-13-3-2-4-14(9-13)17(18)19/h2-4,9,12H,5-8,10-11H2,1H3/t12-,15+/m0/s1. The van der Waals surface area contributed by atoms with Gasteiger partial charge in [0.05, 0.1) is 17.6 Å². The fraction of sp³-hybridized carbons (Fsp3) is 0.600. The number of hydrogen-bond acceptors (Lipinski definition) is 5. The van der Waals surface area contributed by atoms with Gasteiger partial charge in [0.2, 0.25) is 0 Å². The molecule has 0 N–H and O–H groups in total. The van der Waals surface area contributed by atoms with Gasteiger partial charge in [0, 0.05) is 44.8 Å². The van der Waals surface area contributed by atoms with Crippen molar-refractivity contribution in [3.63, 3.8) is 0 Å². The van der Waals surface area contributed by atoms with Gasteiger partial charge < -0.3 is 9.47 Å². The second-order valence-corrected chi connectivity index (χ2v) is 5.81. The quantitative estimate of drug-likeness (QED) is 0.629. The first kappa shape index (κ1) is 14.4. The minimum Gasteiger partial charge on any atom is -0.375 e. The Morgan fingerprint density at radius 2 is 2.33 bits per heavy atom. The average molecular weight is 292 g/mol. The Kier molecular flexibility index (Phi) is 3.93. The van der Waals surface area contributed by atoms with Crippen molar-refractivity contribution in [3.05, 3.63) is 39.9 Å². The summed E-state index contributed by atoms with van der Waals surface area (Å²) in [4.78, 5) is 12.8. The lowest BCUT2D eigenvalue weighted by Crippen LogP contribution is -2.55. The van der Waals surface area contributed by atoms with Crippen LogP contribution in [0, 0.1) is 10.1 Å². The normalized spacial score (nSPS) is 29.9. The molecule has 6 nitrogen and oxygen atoms in total. The zero-order valence-corrected chi connectivity index (χ0v) is 12.2. The molecule has 0 unspecified atom stereocenters. The SMILES string of the molecule is C[C@@H]1OCC[C@@]12CN(Cc1cccc([N+](=O)[O-])c1)CCO2. The van der Waals surface area contributed by atoms with Crippen LogP contribution in [-0.2, 0) is 16.0 Å². The lowest BCUT2D eigenvalue weighted by atomic mass is 9.94. The molecule has 0 aliphatic carbocycles. The molecule has 0 saturated carbocycles. The van der Waals surface area contributed by atoms with E-state index in [1.807, 2.05) is 6.07 Å². The van der Waals surface area contributed by atoms with Crippen LogP contribution in [0.4, 0.5) is 5.69 Å². The van der Waals surface area contributed by atoms with Crippen LogP contribution in [0.1, 0.15) is 18.9 Å². The third-order valence-corrected chi connectivity index (χ3v) is 4.45. The maximum absolute atomic E-state index is 10.8. The molecule has 1 spiro atoms. The third kappa shape index (κ3) is 2.92. The molecule has 2 aliphatic heterocycles. The van der Waals surface area contributed by atoms with Crippen LogP contribution in [0.3, 0.4) is 0 Å². The van der Waals surface area contributed by atoms with Crippen LogP contribution in [0.25, 0.3) is 0 Å². The van der Waals surface area contributed by atoms with E-state index in [0.717, 1.165) is 31.7 Å². The van der Waals surface area contributed by atoms with Crippen LogP contribution in [0.15, 0.2) is 24.3 Å². The van der Waals surface area contributed by atoms with Crippen LogP contribution in [0.5, 0.6) is 0 Å².